The fourth-order valence-electron chi connectivity index (χ4n) is 2.50. The van der Waals surface area contributed by atoms with Crippen LogP contribution in [0.1, 0.15) is 12.5 Å². The van der Waals surface area contributed by atoms with E-state index in [-0.39, 0.29) is 5.91 Å². The summed E-state index contributed by atoms with van der Waals surface area (Å²) in [4.78, 5) is 16.2. The van der Waals surface area contributed by atoms with E-state index >= 15 is 0 Å². The summed E-state index contributed by atoms with van der Waals surface area (Å²) in [5.74, 6) is 0.631. The van der Waals surface area contributed by atoms with Crippen molar-refractivity contribution in [3.05, 3.63) is 57.4 Å². The Kier molecular flexibility index (Phi) is 6.45. The molecule has 134 valence electrons. The van der Waals surface area contributed by atoms with Crippen LogP contribution in [0, 0.1) is 0 Å². The van der Waals surface area contributed by atoms with Gasteiger partial charge in [0.15, 0.2) is 4.32 Å². The maximum absolute atomic E-state index is 13.0. The number of thiocarbonyl (C=S) groups is 1. The molecule has 0 spiro atoms. The zero-order valence-corrected chi connectivity index (χ0v) is 18.2. The molecule has 0 unspecified atom stereocenters. The Bertz CT molecular complexity index is 898. The number of carbonyl (C=O) groups is 1. The van der Waals surface area contributed by atoms with Crippen LogP contribution in [-0.4, -0.2) is 23.1 Å². The molecule has 1 fully saturated rings. The number of benzene rings is 2. The maximum Gasteiger partial charge on any atom is 0.270 e. The summed E-state index contributed by atoms with van der Waals surface area (Å²) >= 11 is 11.9. The van der Waals surface area contributed by atoms with E-state index < -0.39 is 0 Å². The molecule has 0 saturated carbocycles. The number of amides is 1. The normalized spacial score (nSPS) is 15.8. The molecule has 3 rings (SSSR count). The smallest absolute Gasteiger partial charge is 0.270 e. The molecule has 1 aliphatic rings. The van der Waals surface area contributed by atoms with Gasteiger partial charge in [0, 0.05) is 14.9 Å². The number of anilines is 1. The summed E-state index contributed by atoms with van der Waals surface area (Å²) in [7, 11) is 0. The van der Waals surface area contributed by atoms with E-state index in [1.54, 1.807) is 16.7 Å². The second kappa shape index (κ2) is 8.61. The monoisotopic (exact) mass is 465 g/mol. The molecule has 2 aromatic rings. The average Bonchev–Trinajstić information content (AvgIpc) is 2.91. The Hall–Kier alpha value is -1.28. The van der Waals surface area contributed by atoms with Crippen molar-refractivity contribution in [2.45, 2.75) is 11.8 Å². The first-order chi connectivity index (χ1) is 12.5. The first-order valence-electron chi connectivity index (χ1n) is 7.88. The lowest BCUT2D eigenvalue weighted by Gasteiger charge is -2.15. The van der Waals surface area contributed by atoms with Crippen molar-refractivity contribution in [1.29, 1.82) is 0 Å². The van der Waals surface area contributed by atoms with Crippen LogP contribution in [0.5, 0.6) is 5.75 Å². The van der Waals surface area contributed by atoms with E-state index in [1.807, 2.05) is 61.7 Å². The number of nitrogens with zero attached hydrogens (tertiary/aromatic N) is 1. The van der Waals surface area contributed by atoms with E-state index in [9.17, 15) is 4.79 Å². The highest BCUT2D eigenvalue weighted by Crippen LogP contribution is 2.38. The van der Waals surface area contributed by atoms with E-state index in [4.69, 9.17) is 17.0 Å². The molecule has 1 saturated heterocycles. The summed E-state index contributed by atoms with van der Waals surface area (Å²) in [5, 5.41) is 0. The van der Waals surface area contributed by atoms with Crippen molar-refractivity contribution in [2.75, 3.05) is 17.8 Å². The van der Waals surface area contributed by atoms with Crippen molar-refractivity contribution in [1.82, 2.24) is 0 Å². The fourth-order valence-corrected chi connectivity index (χ4v) is 4.62. The third-order valence-corrected chi connectivity index (χ3v) is 6.18. The molecule has 2 aromatic carbocycles. The van der Waals surface area contributed by atoms with Crippen molar-refractivity contribution in [3.63, 3.8) is 0 Å². The minimum Gasteiger partial charge on any atom is -0.493 e. The van der Waals surface area contributed by atoms with E-state index in [2.05, 4.69) is 15.9 Å². The van der Waals surface area contributed by atoms with Crippen LogP contribution in [0.2, 0.25) is 0 Å². The molecule has 1 heterocycles. The summed E-state index contributed by atoms with van der Waals surface area (Å²) in [6.07, 6.45) is 3.85. The number of carbonyl (C=O) groups excluding carboxylic acids is 1. The second-order valence-electron chi connectivity index (χ2n) is 5.33. The van der Waals surface area contributed by atoms with Gasteiger partial charge in [-0.2, -0.15) is 0 Å². The molecule has 0 aromatic heterocycles. The summed E-state index contributed by atoms with van der Waals surface area (Å²) in [5.41, 5.74) is 1.64. The van der Waals surface area contributed by atoms with Gasteiger partial charge in [0.05, 0.1) is 17.2 Å². The Balaban J connectivity index is 1.96. The highest BCUT2D eigenvalue weighted by atomic mass is 79.9. The average molecular weight is 466 g/mol. The molecule has 26 heavy (non-hydrogen) atoms. The number of ether oxygens (including phenoxy) is 1. The molecule has 0 atom stereocenters. The van der Waals surface area contributed by atoms with Crippen molar-refractivity contribution in [3.8, 4) is 5.75 Å². The molecule has 3 nitrogen and oxygen atoms in total. The van der Waals surface area contributed by atoms with Gasteiger partial charge in [-0.25, -0.2) is 0 Å². The molecule has 0 radical (unpaired) electrons. The Labute approximate surface area is 175 Å². The number of thioether (sulfide) groups is 2. The SMILES string of the molecule is CCOc1ccc(Br)cc1/C=C1/SC(=S)N(c2cccc(SC)c2)C1=O. The lowest BCUT2D eigenvalue weighted by molar-refractivity contribution is -0.113. The topological polar surface area (TPSA) is 29.5 Å². The highest BCUT2D eigenvalue weighted by Gasteiger charge is 2.33. The lowest BCUT2D eigenvalue weighted by Crippen LogP contribution is -2.27. The van der Waals surface area contributed by atoms with E-state index in [1.165, 1.54) is 11.8 Å². The number of rotatable bonds is 5. The summed E-state index contributed by atoms with van der Waals surface area (Å²) < 4.78 is 7.13. The van der Waals surface area contributed by atoms with E-state index in [0.29, 0.717) is 15.8 Å². The number of halogens is 1. The van der Waals surface area contributed by atoms with Crippen LogP contribution in [0.4, 0.5) is 5.69 Å². The van der Waals surface area contributed by atoms with Gasteiger partial charge in [-0.05, 0) is 55.7 Å². The zero-order valence-electron chi connectivity index (χ0n) is 14.2. The Morgan fingerprint density at radius 1 is 1.31 bits per heavy atom. The number of hydrogen-bond acceptors (Lipinski definition) is 5. The van der Waals surface area contributed by atoms with Gasteiger partial charge in [0.25, 0.3) is 5.91 Å². The number of hydrogen-bond donors (Lipinski definition) is 0. The first kappa shape index (κ1) is 19.5. The van der Waals surface area contributed by atoms with Crippen LogP contribution in [-0.2, 0) is 4.79 Å². The first-order valence-corrected chi connectivity index (χ1v) is 11.1. The third-order valence-electron chi connectivity index (χ3n) is 3.66. The van der Waals surface area contributed by atoms with E-state index in [0.717, 1.165) is 26.4 Å². The Morgan fingerprint density at radius 3 is 2.85 bits per heavy atom. The Morgan fingerprint density at radius 2 is 2.12 bits per heavy atom. The molecule has 0 N–H and O–H groups in total. The minimum atomic E-state index is -0.110. The van der Waals surface area contributed by atoms with Crippen molar-refractivity contribution in [2.24, 2.45) is 0 Å². The van der Waals surface area contributed by atoms with Crippen LogP contribution in [0.25, 0.3) is 6.08 Å². The molecule has 1 amide bonds. The highest BCUT2D eigenvalue weighted by molar-refractivity contribution is 9.10. The van der Waals surface area contributed by atoms with Gasteiger partial charge in [-0.1, -0.05) is 46.0 Å². The molecular weight excluding hydrogens is 450 g/mol. The predicted octanol–water partition coefficient (Wildman–Crippen LogP) is 5.98. The minimum absolute atomic E-state index is 0.110. The van der Waals surface area contributed by atoms with Crippen molar-refractivity contribution < 1.29 is 9.53 Å². The largest absolute Gasteiger partial charge is 0.493 e. The van der Waals surface area contributed by atoms with Crippen LogP contribution < -0.4 is 9.64 Å². The lowest BCUT2D eigenvalue weighted by atomic mass is 10.2. The standard InChI is InChI=1S/C19H16BrNO2S3/c1-3-23-16-8-7-13(20)9-12(16)10-17-18(22)21(19(24)26-17)14-5-4-6-15(11-14)25-2/h4-11H,3H2,1-2H3/b17-10+. The molecule has 7 heteroatoms. The predicted molar refractivity (Wildman–Crippen MR) is 119 cm³/mol. The van der Waals surface area contributed by atoms with Crippen LogP contribution in [0.15, 0.2) is 56.7 Å². The van der Waals surface area contributed by atoms with Gasteiger partial charge in [-0.3, -0.25) is 9.69 Å². The maximum atomic E-state index is 13.0. The summed E-state index contributed by atoms with van der Waals surface area (Å²) in [6.45, 7) is 2.49. The summed E-state index contributed by atoms with van der Waals surface area (Å²) in [6, 6.07) is 13.6. The zero-order chi connectivity index (χ0) is 18.7. The van der Waals surface area contributed by atoms with Gasteiger partial charge >= 0.3 is 0 Å². The van der Waals surface area contributed by atoms with Crippen molar-refractivity contribution >= 4 is 73.7 Å². The third kappa shape index (κ3) is 4.17. The second-order valence-corrected chi connectivity index (χ2v) is 8.80. The van der Waals surface area contributed by atoms with Crippen LogP contribution >= 0.6 is 51.7 Å². The van der Waals surface area contributed by atoms with Gasteiger partial charge in [0.2, 0.25) is 0 Å². The molecular formula is C19H16BrNO2S3. The quantitative estimate of drug-likeness (QED) is 0.308. The van der Waals surface area contributed by atoms with Crippen LogP contribution in [0.3, 0.4) is 0 Å². The molecule has 1 aliphatic heterocycles. The van der Waals surface area contributed by atoms with Gasteiger partial charge < -0.3 is 4.74 Å². The van der Waals surface area contributed by atoms with Gasteiger partial charge in [0.1, 0.15) is 5.75 Å². The molecule has 0 bridgehead atoms. The molecule has 0 aliphatic carbocycles. The fraction of sp³-hybridized carbons (Fsp3) is 0.158. The van der Waals surface area contributed by atoms with Gasteiger partial charge in [-0.15, -0.1) is 11.8 Å².